The number of hydrogen-bond acceptors (Lipinski definition) is 5. The zero-order valence-electron chi connectivity index (χ0n) is 18.6. The number of amides is 1. The summed E-state index contributed by atoms with van der Waals surface area (Å²) in [5.41, 5.74) is 0.591. The van der Waals surface area contributed by atoms with Gasteiger partial charge in [0.25, 0.3) is 0 Å². The highest BCUT2D eigenvalue weighted by molar-refractivity contribution is 5.81. The molecule has 1 aliphatic heterocycles. The van der Waals surface area contributed by atoms with Crippen LogP contribution >= 0.6 is 0 Å². The summed E-state index contributed by atoms with van der Waals surface area (Å²) in [6.45, 7) is 2.82. The Morgan fingerprint density at radius 3 is 2.27 bits per heavy atom. The molecule has 1 amide bonds. The molecule has 1 saturated heterocycles. The monoisotopic (exact) mass is 449 g/mol. The van der Waals surface area contributed by atoms with Crippen LogP contribution in [0.4, 0.5) is 0 Å². The van der Waals surface area contributed by atoms with Crippen molar-refractivity contribution in [3.8, 4) is 0 Å². The van der Waals surface area contributed by atoms with Gasteiger partial charge in [-0.05, 0) is 37.5 Å². The van der Waals surface area contributed by atoms with Crippen LogP contribution in [-0.4, -0.2) is 45.6 Å². The molecule has 1 atom stereocenters. The Morgan fingerprint density at radius 2 is 1.58 bits per heavy atom. The van der Waals surface area contributed by atoms with Crippen molar-refractivity contribution in [2.75, 3.05) is 19.7 Å². The van der Waals surface area contributed by atoms with E-state index in [1.807, 2.05) is 30.3 Å². The van der Waals surface area contributed by atoms with Gasteiger partial charge in [-0.25, -0.2) is 0 Å². The highest BCUT2D eigenvalue weighted by atomic mass is 16.5. The topological polar surface area (TPSA) is 90.6 Å². The van der Waals surface area contributed by atoms with Crippen molar-refractivity contribution in [1.82, 2.24) is 14.0 Å². The van der Waals surface area contributed by atoms with E-state index in [-0.39, 0.29) is 37.4 Å². The summed E-state index contributed by atoms with van der Waals surface area (Å²) in [6, 6.07) is 16.5. The van der Waals surface area contributed by atoms with Crippen LogP contribution in [0.25, 0.3) is 11.0 Å². The fraction of sp³-hybridized carbons (Fsp3) is 0.360. The number of ether oxygens (including phenoxy) is 1. The van der Waals surface area contributed by atoms with Gasteiger partial charge in [-0.1, -0.05) is 42.5 Å². The highest BCUT2D eigenvalue weighted by Crippen LogP contribution is 2.19. The minimum absolute atomic E-state index is 0.254. The van der Waals surface area contributed by atoms with E-state index in [9.17, 15) is 19.2 Å². The fourth-order valence-corrected chi connectivity index (χ4v) is 4.34. The summed E-state index contributed by atoms with van der Waals surface area (Å²) in [4.78, 5) is 52.9. The molecule has 8 nitrogen and oxygen atoms in total. The molecule has 1 fully saturated rings. The molecule has 33 heavy (non-hydrogen) atoms. The Labute approximate surface area is 191 Å². The number of benzene rings is 2. The van der Waals surface area contributed by atoms with E-state index in [4.69, 9.17) is 4.74 Å². The van der Waals surface area contributed by atoms with E-state index >= 15 is 0 Å². The van der Waals surface area contributed by atoms with Crippen molar-refractivity contribution >= 4 is 22.9 Å². The molecular weight excluding hydrogens is 422 g/mol. The third-order valence-corrected chi connectivity index (χ3v) is 6.01. The molecule has 3 aromatic rings. The second kappa shape index (κ2) is 9.85. The van der Waals surface area contributed by atoms with E-state index in [0.717, 1.165) is 5.56 Å². The van der Waals surface area contributed by atoms with Gasteiger partial charge in [-0.2, -0.15) is 0 Å². The second-order valence-electron chi connectivity index (χ2n) is 8.19. The van der Waals surface area contributed by atoms with Crippen molar-refractivity contribution in [2.45, 2.75) is 32.9 Å². The lowest BCUT2D eigenvalue weighted by molar-refractivity contribution is -0.151. The number of carbonyl (C=O) groups excluding carboxylic acids is 2. The lowest BCUT2D eigenvalue weighted by Crippen LogP contribution is -2.47. The van der Waals surface area contributed by atoms with Gasteiger partial charge in [0.05, 0.1) is 30.1 Å². The maximum Gasteiger partial charge on any atom is 0.317 e. The number of fused-ring (bicyclic) bond motifs is 1. The average Bonchev–Trinajstić information content (AvgIpc) is 2.85. The summed E-state index contributed by atoms with van der Waals surface area (Å²) >= 11 is 0. The van der Waals surface area contributed by atoms with Gasteiger partial charge < -0.3 is 9.64 Å². The Morgan fingerprint density at radius 1 is 0.939 bits per heavy atom. The normalized spacial score (nSPS) is 16.0. The molecule has 8 heteroatoms. The van der Waals surface area contributed by atoms with Crippen molar-refractivity contribution in [2.24, 2.45) is 5.92 Å². The second-order valence-corrected chi connectivity index (χ2v) is 8.19. The average molecular weight is 450 g/mol. The molecule has 0 spiro atoms. The summed E-state index contributed by atoms with van der Waals surface area (Å²) in [5.74, 6) is -0.965. The largest absolute Gasteiger partial charge is 0.466 e. The maximum atomic E-state index is 13.1. The first-order chi connectivity index (χ1) is 16.0. The summed E-state index contributed by atoms with van der Waals surface area (Å²) in [6.07, 6.45) is 1.35. The number of likely N-dealkylation sites (tertiary alicyclic amines) is 1. The number of carbonyl (C=O) groups is 2. The van der Waals surface area contributed by atoms with E-state index in [1.165, 1.54) is 9.13 Å². The summed E-state index contributed by atoms with van der Waals surface area (Å²) < 4.78 is 7.80. The minimum Gasteiger partial charge on any atom is -0.466 e. The number of rotatable bonds is 6. The van der Waals surface area contributed by atoms with E-state index < -0.39 is 11.1 Å². The van der Waals surface area contributed by atoms with Crippen molar-refractivity contribution in [3.63, 3.8) is 0 Å². The van der Waals surface area contributed by atoms with Gasteiger partial charge in [0.1, 0.15) is 6.54 Å². The van der Waals surface area contributed by atoms with Gasteiger partial charge in [0.15, 0.2) is 0 Å². The Bertz CT molecular complexity index is 1280. The molecule has 2 heterocycles. The molecule has 0 radical (unpaired) electrons. The SMILES string of the molecule is CCOC(=O)[C@H]1CCCN(C(=O)Cn2c(=O)c(=O)n(Cc3ccccc3)c3ccccc32)C1. The highest BCUT2D eigenvalue weighted by Gasteiger charge is 2.30. The lowest BCUT2D eigenvalue weighted by atomic mass is 9.98. The summed E-state index contributed by atoms with van der Waals surface area (Å²) in [5, 5.41) is 0. The predicted molar refractivity (Wildman–Crippen MR) is 124 cm³/mol. The number of piperidine rings is 1. The number of para-hydroxylation sites is 2. The predicted octanol–water partition coefficient (Wildman–Crippen LogP) is 2.01. The smallest absolute Gasteiger partial charge is 0.317 e. The number of nitrogens with zero attached hydrogens (tertiary/aromatic N) is 3. The maximum absolute atomic E-state index is 13.1. The van der Waals surface area contributed by atoms with Crippen LogP contribution in [0.1, 0.15) is 25.3 Å². The van der Waals surface area contributed by atoms with Crippen molar-refractivity contribution in [3.05, 3.63) is 80.9 Å². The number of aromatic nitrogens is 2. The van der Waals surface area contributed by atoms with Crippen molar-refractivity contribution < 1.29 is 14.3 Å². The molecule has 0 bridgehead atoms. The molecule has 0 N–H and O–H groups in total. The summed E-state index contributed by atoms with van der Waals surface area (Å²) in [7, 11) is 0. The Balaban J connectivity index is 1.65. The molecule has 1 aromatic heterocycles. The van der Waals surface area contributed by atoms with Gasteiger partial charge in [0, 0.05) is 13.1 Å². The quantitative estimate of drug-likeness (QED) is 0.424. The lowest BCUT2D eigenvalue weighted by Gasteiger charge is -2.31. The standard InChI is InChI=1S/C25H27N3O5/c1-2-33-25(32)19-11-8-14-26(16-19)22(29)17-28-21-13-7-6-12-20(21)27(23(30)24(28)31)15-18-9-4-3-5-10-18/h3-7,9-10,12-13,19H,2,8,11,14-17H2,1H3/t19-/m0/s1. The van der Waals surface area contributed by atoms with Crippen LogP contribution in [0.5, 0.6) is 0 Å². The Hall–Kier alpha value is -3.68. The zero-order valence-corrected chi connectivity index (χ0v) is 18.6. The van der Waals surface area contributed by atoms with E-state index in [1.54, 1.807) is 36.1 Å². The Kier molecular flexibility index (Phi) is 6.72. The van der Waals surface area contributed by atoms with E-state index in [2.05, 4.69) is 0 Å². The van der Waals surface area contributed by atoms with Crippen LogP contribution in [0.2, 0.25) is 0 Å². The number of esters is 1. The first kappa shape index (κ1) is 22.5. The number of hydrogen-bond donors (Lipinski definition) is 0. The van der Waals surface area contributed by atoms with Gasteiger partial charge in [-0.15, -0.1) is 0 Å². The molecule has 1 aliphatic rings. The molecule has 0 aliphatic carbocycles. The molecule has 0 saturated carbocycles. The molecule has 0 unspecified atom stereocenters. The molecule has 2 aromatic carbocycles. The fourth-order valence-electron chi connectivity index (χ4n) is 4.34. The van der Waals surface area contributed by atoms with Gasteiger partial charge >= 0.3 is 17.1 Å². The van der Waals surface area contributed by atoms with Crippen molar-refractivity contribution in [1.29, 1.82) is 0 Å². The van der Waals surface area contributed by atoms with Crippen LogP contribution in [0.15, 0.2) is 64.2 Å². The van der Waals surface area contributed by atoms with Crippen LogP contribution < -0.4 is 11.1 Å². The first-order valence-corrected chi connectivity index (χ1v) is 11.2. The molecule has 172 valence electrons. The zero-order chi connectivity index (χ0) is 23.4. The van der Waals surface area contributed by atoms with Gasteiger partial charge in [-0.3, -0.25) is 28.3 Å². The van der Waals surface area contributed by atoms with Gasteiger partial charge in [0.2, 0.25) is 5.91 Å². The molecular formula is C25H27N3O5. The van der Waals surface area contributed by atoms with Crippen LogP contribution in [0, 0.1) is 5.92 Å². The minimum atomic E-state index is -0.739. The molecule has 4 rings (SSSR count). The van der Waals surface area contributed by atoms with Crippen LogP contribution in [-0.2, 0) is 27.4 Å². The first-order valence-electron chi connectivity index (χ1n) is 11.2. The van der Waals surface area contributed by atoms with Crippen LogP contribution in [0.3, 0.4) is 0 Å². The third kappa shape index (κ3) is 4.74. The third-order valence-electron chi connectivity index (χ3n) is 6.01. The van der Waals surface area contributed by atoms with E-state index in [0.29, 0.717) is 37.0 Å².